The minimum absolute atomic E-state index is 0.171. The van der Waals surface area contributed by atoms with Gasteiger partial charge in [-0.1, -0.05) is 12.1 Å². The predicted molar refractivity (Wildman–Crippen MR) is 86.7 cm³/mol. The standard InChI is InChI=1S/C17H21FN2S/c18-14-3-1-2-4-15(14)19-16(21)20-17-8-11-5-12(9-17)7-13(6-11)10-17/h1-4,11-13H,5-10H2,(H2,19,20,21). The minimum Gasteiger partial charge on any atom is -0.357 e. The van der Waals surface area contributed by atoms with Gasteiger partial charge in [-0.25, -0.2) is 4.39 Å². The number of thiocarbonyl (C=S) groups is 1. The number of hydrogen-bond acceptors (Lipinski definition) is 1. The van der Waals surface area contributed by atoms with Crippen LogP contribution in [0.5, 0.6) is 0 Å². The Morgan fingerprint density at radius 3 is 2.19 bits per heavy atom. The average molecular weight is 304 g/mol. The Labute approximate surface area is 130 Å². The van der Waals surface area contributed by atoms with E-state index >= 15 is 0 Å². The zero-order chi connectivity index (χ0) is 14.4. The van der Waals surface area contributed by atoms with Crippen LogP contribution in [0.15, 0.2) is 24.3 Å². The molecule has 4 bridgehead atoms. The summed E-state index contributed by atoms with van der Waals surface area (Å²) in [4.78, 5) is 0. The summed E-state index contributed by atoms with van der Waals surface area (Å²) in [6.45, 7) is 0. The molecule has 0 amide bonds. The summed E-state index contributed by atoms with van der Waals surface area (Å²) in [6.07, 6.45) is 7.94. The number of benzene rings is 1. The number of rotatable bonds is 2. The second-order valence-electron chi connectivity index (χ2n) is 7.26. The topological polar surface area (TPSA) is 24.1 Å². The fraction of sp³-hybridized carbons (Fsp3) is 0.588. The number of nitrogens with one attached hydrogen (secondary N) is 2. The van der Waals surface area contributed by atoms with Crippen molar-refractivity contribution in [3.8, 4) is 0 Å². The van der Waals surface area contributed by atoms with Crippen LogP contribution in [-0.2, 0) is 0 Å². The van der Waals surface area contributed by atoms with Gasteiger partial charge in [0.2, 0.25) is 0 Å². The van der Waals surface area contributed by atoms with E-state index < -0.39 is 0 Å². The number of anilines is 1. The first-order chi connectivity index (χ1) is 10.1. The normalized spacial score (nSPS) is 36.5. The van der Waals surface area contributed by atoms with Gasteiger partial charge in [-0.2, -0.15) is 0 Å². The molecule has 0 aliphatic heterocycles. The molecule has 4 fully saturated rings. The molecule has 0 atom stereocenters. The number of hydrogen-bond donors (Lipinski definition) is 2. The van der Waals surface area contributed by atoms with E-state index in [-0.39, 0.29) is 11.4 Å². The first kappa shape index (κ1) is 13.5. The Balaban J connectivity index is 1.46. The zero-order valence-electron chi connectivity index (χ0n) is 12.1. The molecule has 4 heteroatoms. The quantitative estimate of drug-likeness (QED) is 0.805. The molecule has 2 nitrogen and oxygen atoms in total. The molecule has 4 aliphatic rings. The lowest BCUT2D eigenvalue weighted by atomic mass is 9.53. The third-order valence-electron chi connectivity index (χ3n) is 5.54. The van der Waals surface area contributed by atoms with Crippen LogP contribution in [0.2, 0.25) is 0 Å². The molecular weight excluding hydrogens is 283 g/mol. The third kappa shape index (κ3) is 2.54. The molecule has 2 N–H and O–H groups in total. The van der Waals surface area contributed by atoms with Crippen molar-refractivity contribution in [3.63, 3.8) is 0 Å². The highest BCUT2D eigenvalue weighted by Crippen LogP contribution is 2.55. The van der Waals surface area contributed by atoms with Gasteiger partial charge >= 0.3 is 0 Å². The van der Waals surface area contributed by atoms with Gasteiger partial charge in [-0.3, -0.25) is 0 Å². The molecular formula is C17H21FN2S. The van der Waals surface area contributed by atoms with Crippen LogP contribution in [0, 0.1) is 23.6 Å². The first-order valence-electron chi connectivity index (χ1n) is 7.96. The molecule has 5 rings (SSSR count). The Hall–Kier alpha value is -1.16. The summed E-state index contributed by atoms with van der Waals surface area (Å²) in [5, 5.41) is 7.16. The van der Waals surface area contributed by atoms with Gasteiger partial charge in [-0.05, 0) is 80.6 Å². The summed E-state index contributed by atoms with van der Waals surface area (Å²) in [5.41, 5.74) is 0.629. The van der Waals surface area contributed by atoms with E-state index in [4.69, 9.17) is 12.2 Å². The maximum Gasteiger partial charge on any atom is 0.171 e. The second kappa shape index (κ2) is 4.94. The fourth-order valence-electron chi connectivity index (χ4n) is 5.22. The van der Waals surface area contributed by atoms with Crippen molar-refractivity contribution in [1.29, 1.82) is 0 Å². The summed E-state index contributed by atoms with van der Waals surface area (Å²) in [7, 11) is 0. The highest BCUT2D eigenvalue weighted by molar-refractivity contribution is 7.80. The van der Waals surface area contributed by atoms with Crippen molar-refractivity contribution in [2.24, 2.45) is 17.8 Å². The molecule has 0 saturated heterocycles. The predicted octanol–water partition coefficient (Wildman–Crippen LogP) is 4.08. The van der Waals surface area contributed by atoms with Crippen molar-refractivity contribution in [1.82, 2.24) is 5.32 Å². The summed E-state index contributed by atoms with van der Waals surface area (Å²) < 4.78 is 13.7. The summed E-state index contributed by atoms with van der Waals surface area (Å²) >= 11 is 5.44. The average Bonchev–Trinajstić information content (AvgIpc) is 2.39. The SMILES string of the molecule is Fc1ccccc1NC(=S)NC12CC3CC(CC(C3)C1)C2. The molecule has 21 heavy (non-hydrogen) atoms. The van der Waals surface area contributed by atoms with Gasteiger partial charge in [0.1, 0.15) is 5.82 Å². The van der Waals surface area contributed by atoms with Crippen LogP contribution in [0.25, 0.3) is 0 Å². The molecule has 0 radical (unpaired) electrons. The Morgan fingerprint density at radius 2 is 1.62 bits per heavy atom. The van der Waals surface area contributed by atoms with Crippen molar-refractivity contribution < 1.29 is 4.39 Å². The molecule has 112 valence electrons. The van der Waals surface area contributed by atoms with Gasteiger partial charge < -0.3 is 10.6 Å². The Morgan fingerprint density at radius 1 is 1.05 bits per heavy atom. The van der Waals surface area contributed by atoms with Gasteiger partial charge in [-0.15, -0.1) is 0 Å². The van der Waals surface area contributed by atoms with Crippen LogP contribution in [0.4, 0.5) is 10.1 Å². The van der Waals surface area contributed by atoms with Crippen molar-refractivity contribution in [3.05, 3.63) is 30.1 Å². The van der Waals surface area contributed by atoms with Crippen molar-refractivity contribution in [2.45, 2.75) is 44.1 Å². The van der Waals surface area contributed by atoms with E-state index in [1.54, 1.807) is 12.1 Å². The van der Waals surface area contributed by atoms with E-state index in [9.17, 15) is 4.39 Å². The number of halogens is 1. The molecule has 0 heterocycles. The third-order valence-corrected chi connectivity index (χ3v) is 5.74. The van der Waals surface area contributed by atoms with E-state index in [0.29, 0.717) is 10.8 Å². The first-order valence-corrected chi connectivity index (χ1v) is 8.36. The minimum atomic E-state index is -0.257. The van der Waals surface area contributed by atoms with Gasteiger partial charge in [0.05, 0.1) is 5.69 Å². The molecule has 0 aromatic heterocycles. The highest BCUT2D eigenvalue weighted by Gasteiger charge is 2.51. The van der Waals surface area contributed by atoms with Crippen molar-refractivity contribution in [2.75, 3.05) is 5.32 Å². The van der Waals surface area contributed by atoms with E-state index in [1.165, 1.54) is 44.6 Å². The summed E-state index contributed by atoms with van der Waals surface area (Å²) in [5.74, 6) is 2.37. The molecule has 0 spiro atoms. The van der Waals surface area contributed by atoms with Gasteiger partial charge in [0, 0.05) is 5.54 Å². The maximum absolute atomic E-state index is 13.7. The highest BCUT2D eigenvalue weighted by atomic mass is 32.1. The number of para-hydroxylation sites is 1. The molecule has 4 aliphatic carbocycles. The van der Waals surface area contributed by atoms with E-state index in [0.717, 1.165) is 17.8 Å². The summed E-state index contributed by atoms with van der Waals surface area (Å²) in [6, 6.07) is 6.69. The van der Waals surface area contributed by atoms with E-state index in [2.05, 4.69) is 10.6 Å². The Bertz CT molecular complexity index is 536. The van der Waals surface area contributed by atoms with Crippen molar-refractivity contribution >= 4 is 23.0 Å². The lowest BCUT2D eigenvalue weighted by molar-refractivity contribution is -0.00972. The Kier molecular flexibility index (Phi) is 3.18. The molecule has 1 aromatic carbocycles. The fourth-order valence-corrected chi connectivity index (χ4v) is 5.55. The van der Waals surface area contributed by atoms with Crippen LogP contribution in [0.3, 0.4) is 0 Å². The van der Waals surface area contributed by atoms with Crippen LogP contribution < -0.4 is 10.6 Å². The largest absolute Gasteiger partial charge is 0.357 e. The maximum atomic E-state index is 13.7. The second-order valence-corrected chi connectivity index (χ2v) is 7.67. The van der Waals surface area contributed by atoms with Gasteiger partial charge in [0.25, 0.3) is 0 Å². The monoisotopic (exact) mass is 304 g/mol. The smallest absolute Gasteiger partial charge is 0.171 e. The van der Waals surface area contributed by atoms with Crippen LogP contribution >= 0.6 is 12.2 Å². The molecule has 0 unspecified atom stereocenters. The van der Waals surface area contributed by atoms with Crippen LogP contribution in [0.1, 0.15) is 38.5 Å². The lowest BCUT2D eigenvalue weighted by Gasteiger charge is -2.57. The molecule has 4 saturated carbocycles. The zero-order valence-corrected chi connectivity index (χ0v) is 12.9. The van der Waals surface area contributed by atoms with E-state index in [1.807, 2.05) is 6.07 Å². The van der Waals surface area contributed by atoms with Crippen LogP contribution in [-0.4, -0.2) is 10.7 Å². The van der Waals surface area contributed by atoms with Gasteiger partial charge in [0.15, 0.2) is 5.11 Å². The lowest BCUT2D eigenvalue weighted by Crippen LogP contribution is -2.60. The molecule has 1 aromatic rings.